The molecule has 10 aliphatic heterocycles. The van der Waals surface area contributed by atoms with Crippen molar-refractivity contribution in [2.24, 2.45) is 0 Å². The molecule has 1 aromatic carbocycles. The van der Waals surface area contributed by atoms with Crippen LogP contribution in [0, 0.1) is 0 Å². The van der Waals surface area contributed by atoms with Gasteiger partial charge >= 0.3 is 157 Å². The van der Waals surface area contributed by atoms with Gasteiger partial charge < -0.3 is 0 Å². The summed E-state index contributed by atoms with van der Waals surface area (Å²) in [6.45, 7) is -0.132. The van der Waals surface area contributed by atoms with Crippen LogP contribution in [0.4, 0.5) is 0 Å². The molecule has 8 unspecified atom stereocenters. The SMILES string of the molecule is CC(=O)c1cc(-c2ccccc2)c([C]23[CH]4[CH]5[CH]6[CH]2[Fe]56432789[CH]3[CH]2[CH]7[C]8(C(C)=O)[CH]39)s1. The van der Waals surface area contributed by atoms with E-state index in [0.717, 1.165) is 43.4 Å². The Balaban J connectivity index is 1.28. The standard InChI is InChI=1S/C17H13OS.C7H7O.Fe/c1-12(18)16-11-15(13-7-3-2-4-8-13)17(19-16)14-9-5-6-10-14;1-6(8)7-4-2-3-5-7;/h2-11H,1H3;2-5H,1H3;. The molecule has 10 aliphatic rings. The first kappa shape index (κ1) is 12.5. The van der Waals surface area contributed by atoms with E-state index in [0.29, 0.717) is 10.1 Å². The Morgan fingerprint density at radius 1 is 0.929 bits per heavy atom. The van der Waals surface area contributed by atoms with Crippen molar-refractivity contribution >= 4 is 22.9 Å². The molecule has 0 amide bonds. The van der Waals surface area contributed by atoms with Crippen molar-refractivity contribution < 1.29 is 16.1 Å². The maximum atomic E-state index is 13.2. The molecule has 142 valence electrons. The molecule has 10 fully saturated rings. The third-order valence-electron chi connectivity index (χ3n) is 17.9. The first-order valence-electron chi connectivity index (χ1n) is 10.7. The van der Waals surface area contributed by atoms with Crippen LogP contribution in [0.1, 0.15) is 28.4 Å². The first-order valence-corrected chi connectivity index (χ1v) is 17.7. The Labute approximate surface area is 157 Å². The minimum atomic E-state index is -3.83. The van der Waals surface area contributed by atoms with Crippen LogP contribution in [0.3, 0.4) is 0 Å². The summed E-state index contributed by atoms with van der Waals surface area (Å²) in [7, 11) is 0. The van der Waals surface area contributed by atoms with Gasteiger partial charge in [-0.1, -0.05) is 0 Å². The summed E-state index contributed by atoms with van der Waals surface area (Å²) in [5, 5.41) is 0. The zero-order chi connectivity index (χ0) is 18.3. The molecule has 12 rings (SSSR count). The number of hydrogen-bond donors (Lipinski definition) is 0. The average molecular weight is 428 g/mol. The van der Waals surface area contributed by atoms with Gasteiger partial charge in [-0.25, -0.2) is 0 Å². The van der Waals surface area contributed by atoms with Crippen molar-refractivity contribution in [2.75, 3.05) is 0 Å². The molecular formula is C24H20FeO2S. The Kier molecular flexibility index (Phi) is 0.642. The molecule has 11 heterocycles. The Morgan fingerprint density at radius 2 is 1.54 bits per heavy atom. The topological polar surface area (TPSA) is 34.1 Å². The molecule has 0 N–H and O–H groups in total. The van der Waals surface area contributed by atoms with Crippen molar-refractivity contribution in [3.8, 4) is 11.1 Å². The molecule has 1 aromatic heterocycles. The van der Waals surface area contributed by atoms with E-state index >= 15 is 0 Å². The van der Waals surface area contributed by atoms with Crippen molar-refractivity contribution in [3.05, 3.63) is 46.2 Å². The predicted octanol–water partition coefficient (Wildman–Crippen LogP) is 6.37. The van der Waals surface area contributed by atoms with Gasteiger partial charge in [-0.05, 0) is 0 Å². The van der Waals surface area contributed by atoms with Crippen molar-refractivity contribution in [1.29, 1.82) is 0 Å². The predicted molar refractivity (Wildman–Crippen MR) is 105 cm³/mol. The summed E-state index contributed by atoms with van der Waals surface area (Å²) in [6.07, 6.45) is 0. The fraction of sp³-hybridized carbons (Fsp3) is 0.500. The van der Waals surface area contributed by atoms with E-state index in [2.05, 4.69) is 36.4 Å². The minimum absolute atomic E-state index is 0.210. The van der Waals surface area contributed by atoms with Gasteiger partial charge in [0, 0.05) is 0 Å². The van der Waals surface area contributed by atoms with Gasteiger partial charge in [0.05, 0.1) is 0 Å². The molecule has 0 saturated carbocycles. The molecule has 10 saturated heterocycles. The zero-order valence-corrected chi connectivity index (χ0v) is 17.6. The molecule has 1 spiro atoms. The van der Waals surface area contributed by atoms with Crippen LogP contribution >= 0.6 is 11.3 Å². The fourth-order valence-electron chi connectivity index (χ4n) is 19.8. The molecule has 0 bridgehead atoms. The molecular weight excluding hydrogens is 408 g/mol. The number of carbonyl (C=O) groups excluding carboxylic acids is 2. The van der Waals surface area contributed by atoms with Crippen molar-refractivity contribution in [2.45, 2.75) is 61.0 Å². The summed E-state index contributed by atoms with van der Waals surface area (Å²) < 4.78 is 0.756. The summed E-state index contributed by atoms with van der Waals surface area (Å²) in [5.74, 6) is 0.837. The number of Topliss-reactive ketones (excluding diaryl/α,β-unsaturated/α-hetero) is 2. The fourth-order valence-corrected chi connectivity index (χ4v) is 99.1. The van der Waals surface area contributed by atoms with Gasteiger partial charge in [-0.2, -0.15) is 0 Å². The van der Waals surface area contributed by atoms with E-state index in [9.17, 15) is 9.59 Å². The summed E-state index contributed by atoms with van der Waals surface area (Å²) in [6, 6.07) is 13.0. The molecule has 28 heavy (non-hydrogen) atoms. The van der Waals surface area contributed by atoms with E-state index in [4.69, 9.17) is 0 Å². The van der Waals surface area contributed by atoms with Crippen LogP contribution in [0.2, 0.25) is 42.8 Å². The van der Waals surface area contributed by atoms with E-state index in [1.165, 1.54) is 11.1 Å². The van der Waals surface area contributed by atoms with Crippen LogP contribution in [0.15, 0.2) is 36.4 Å². The summed E-state index contributed by atoms with van der Waals surface area (Å²) >= 11 is 1.85. The molecule has 4 heteroatoms. The second-order valence-electron chi connectivity index (χ2n) is 13.6. The summed E-state index contributed by atoms with van der Waals surface area (Å²) in [5.41, 5.74) is 2.65. The normalized spacial score (nSPS) is 79.4. The van der Waals surface area contributed by atoms with Crippen LogP contribution < -0.4 is 0 Å². The van der Waals surface area contributed by atoms with Crippen molar-refractivity contribution in [1.82, 2.24) is 0 Å². The van der Waals surface area contributed by atoms with Gasteiger partial charge in [0.25, 0.3) is 0 Å². The number of rotatable bonds is 4. The second-order valence-corrected chi connectivity index (χ2v) is 37.9. The molecule has 2 aromatic rings. The molecule has 8 atom stereocenters. The van der Waals surface area contributed by atoms with E-state index in [1.807, 2.05) is 18.3 Å². The molecule has 0 radical (unpaired) electrons. The maximum absolute atomic E-state index is 13.2. The molecule has 0 aliphatic carbocycles. The number of thiophene rings is 1. The number of fused-ring (bicyclic) bond motifs is 10. The molecule has 2 nitrogen and oxygen atoms in total. The number of hydrogen-bond acceptors (Lipinski definition) is 3. The zero-order valence-electron chi connectivity index (χ0n) is 15.7. The Hall–Kier alpha value is -1.22. The third kappa shape index (κ3) is 0.200. The quantitative estimate of drug-likeness (QED) is 0.419. The second kappa shape index (κ2) is 1.44. The van der Waals surface area contributed by atoms with Crippen LogP contribution in [-0.4, -0.2) is 11.6 Å². The first-order chi connectivity index (χ1) is 13.3. The van der Waals surface area contributed by atoms with Crippen LogP contribution in [0.25, 0.3) is 11.1 Å². The Morgan fingerprint density at radius 3 is 2.00 bits per heavy atom. The van der Waals surface area contributed by atoms with E-state index < -0.39 is 6.51 Å². The van der Waals surface area contributed by atoms with Crippen molar-refractivity contribution in [3.63, 3.8) is 0 Å². The average Bonchev–Trinajstić information content (AvgIpc) is 3.58. The van der Waals surface area contributed by atoms with Gasteiger partial charge in [-0.3, -0.25) is 0 Å². The third-order valence-corrected chi connectivity index (χ3v) is 62.2. The number of ketones is 2. The van der Waals surface area contributed by atoms with Crippen LogP contribution in [-0.2, 0) is 15.6 Å². The van der Waals surface area contributed by atoms with E-state index in [-0.39, 0.29) is 10.1 Å². The number of carbonyl (C=O) groups is 2. The van der Waals surface area contributed by atoms with Crippen LogP contribution in [0.5, 0.6) is 0 Å². The monoisotopic (exact) mass is 428 g/mol. The van der Waals surface area contributed by atoms with Gasteiger partial charge in [-0.15, -0.1) is 0 Å². The van der Waals surface area contributed by atoms with Gasteiger partial charge in [0.2, 0.25) is 0 Å². The van der Waals surface area contributed by atoms with Gasteiger partial charge in [0.1, 0.15) is 0 Å². The van der Waals surface area contributed by atoms with E-state index in [1.54, 1.807) is 11.8 Å². The number of benzene rings is 1. The van der Waals surface area contributed by atoms with Gasteiger partial charge in [0.15, 0.2) is 0 Å². The Bertz CT molecular complexity index is 1730. The summed E-state index contributed by atoms with van der Waals surface area (Å²) in [4.78, 5) is 36.4.